The molecule has 0 radical (unpaired) electrons. The molecule has 1 unspecified atom stereocenters. The van der Waals surface area contributed by atoms with Crippen molar-refractivity contribution in [2.24, 2.45) is 5.41 Å². The normalized spacial score (nSPS) is 14.1. The van der Waals surface area contributed by atoms with Gasteiger partial charge in [0.05, 0.1) is 5.38 Å². The van der Waals surface area contributed by atoms with Crippen LogP contribution < -0.4 is 0 Å². The van der Waals surface area contributed by atoms with E-state index in [0.717, 1.165) is 24.0 Å². The monoisotopic (exact) mass is 268 g/mol. The Kier molecular flexibility index (Phi) is 3.67. The molecule has 98 valence electrons. The van der Waals surface area contributed by atoms with Gasteiger partial charge >= 0.3 is 0 Å². The van der Waals surface area contributed by atoms with E-state index >= 15 is 0 Å². The Morgan fingerprint density at radius 1 is 1.28 bits per heavy atom. The fourth-order valence-electron chi connectivity index (χ4n) is 1.89. The second-order valence-electron chi connectivity index (χ2n) is 5.90. The van der Waals surface area contributed by atoms with E-state index in [0.29, 0.717) is 5.58 Å². The summed E-state index contributed by atoms with van der Waals surface area (Å²) in [6, 6.07) is 6.34. The number of rotatable bonds is 3. The van der Waals surface area contributed by atoms with Crippen LogP contribution in [0.1, 0.15) is 44.8 Å². The molecule has 1 nitrogen and oxygen atoms in total. The van der Waals surface area contributed by atoms with Gasteiger partial charge in [-0.3, -0.25) is 0 Å². The van der Waals surface area contributed by atoms with Crippen molar-refractivity contribution in [3.63, 3.8) is 0 Å². The highest BCUT2D eigenvalue weighted by Gasteiger charge is 2.18. The van der Waals surface area contributed by atoms with Gasteiger partial charge in [0.1, 0.15) is 17.2 Å². The van der Waals surface area contributed by atoms with Crippen molar-refractivity contribution in [1.29, 1.82) is 0 Å². The quantitative estimate of drug-likeness (QED) is 0.653. The number of hydrogen-bond donors (Lipinski definition) is 0. The molecule has 2 aromatic rings. The molecule has 3 heteroatoms. The van der Waals surface area contributed by atoms with Gasteiger partial charge in [0.15, 0.2) is 0 Å². The molecule has 0 aliphatic carbocycles. The minimum Gasteiger partial charge on any atom is -0.459 e. The molecule has 1 atom stereocenters. The van der Waals surface area contributed by atoms with Crippen molar-refractivity contribution < 1.29 is 8.81 Å². The molecule has 0 bridgehead atoms. The van der Waals surface area contributed by atoms with Crippen LogP contribution >= 0.6 is 11.6 Å². The topological polar surface area (TPSA) is 13.1 Å². The minimum atomic E-state index is -0.254. The van der Waals surface area contributed by atoms with Gasteiger partial charge in [0, 0.05) is 5.39 Å². The predicted octanol–water partition coefficient (Wildman–Crippen LogP) is 5.68. The third-order valence-electron chi connectivity index (χ3n) is 2.95. The average Bonchev–Trinajstić information content (AvgIpc) is 2.67. The molecule has 0 aliphatic rings. The predicted molar refractivity (Wildman–Crippen MR) is 73.5 cm³/mol. The molecule has 2 rings (SSSR count). The first-order valence-electron chi connectivity index (χ1n) is 6.18. The Labute approximate surface area is 112 Å². The third-order valence-corrected chi connectivity index (χ3v) is 3.39. The molecule has 1 aromatic carbocycles. The number of fused-ring (bicyclic) bond motifs is 1. The fourth-order valence-corrected chi connectivity index (χ4v) is 2.11. The summed E-state index contributed by atoms with van der Waals surface area (Å²) >= 11 is 6.34. The molecule has 0 fully saturated rings. The van der Waals surface area contributed by atoms with Crippen LogP contribution in [-0.4, -0.2) is 0 Å². The highest BCUT2D eigenvalue weighted by molar-refractivity contribution is 6.20. The zero-order valence-electron chi connectivity index (χ0n) is 11.0. The summed E-state index contributed by atoms with van der Waals surface area (Å²) in [5, 5.41) is 0.617. The van der Waals surface area contributed by atoms with Crippen molar-refractivity contribution >= 4 is 22.6 Å². The fraction of sp³-hybridized carbons (Fsp3) is 0.467. The summed E-state index contributed by atoms with van der Waals surface area (Å²) in [6.07, 6.45) is 1.87. The summed E-state index contributed by atoms with van der Waals surface area (Å²) < 4.78 is 18.7. The number of benzene rings is 1. The lowest BCUT2D eigenvalue weighted by atomic mass is 9.89. The van der Waals surface area contributed by atoms with Crippen LogP contribution in [0.2, 0.25) is 0 Å². The number of furan rings is 1. The molecule has 0 aliphatic heterocycles. The lowest BCUT2D eigenvalue weighted by Gasteiger charge is -2.19. The van der Waals surface area contributed by atoms with E-state index in [-0.39, 0.29) is 16.6 Å². The summed E-state index contributed by atoms with van der Waals surface area (Å²) in [4.78, 5) is 0. The Balaban J connectivity index is 2.15. The number of hydrogen-bond acceptors (Lipinski definition) is 1. The van der Waals surface area contributed by atoms with Crippen LogP contribution in [0.25, 0.3) is 11.0 Å². The smallest absolute Gasteiger partial charge is 0.134 e. The Hall–Kier alpha value is -1.02. The van der Waals surface area contributed by atoms with Gasteiger partial charge in [-0.1, -0.05) is 20.8 Å². The van der Waals surface area contributed by atoms with Gasteiger partial charge in [0.25, 0.3) is 0 Å². The van der Waals surface area contributed by atoms with E-state index in [1.54, 1.807) is 6.07 Å². The molecular formula is C15H18ClFO. The molecule has 18 heavy (non-hydrogen) atoms. The molecule has 0 saturated carbocycles. The highest BCUT2D eigenvalue weighted by atomic mass is 35.5. The van der Waals surface area contributed by atoms with Crippen LogP contribution in [0.15, 0.2) is 28.7 Å². The molecule has 0 saturated heterocycles. The lowest BCUT2D eigenvalue weighted by Crippen LogP contribution is -2.05. The standard InChI is InChI=1S/C15H18ClFO/c1-15(2,3)7-6-12(16)14-9-10-8-11(17)4-5-13(10)18-14/h4-5,8-9,12H,6-7H2,1-3H3. The first kappa shape index (κ1) is 13.4. The Morgan fingerprint density at radius 3 is 2.67 bits per heavy atom. The second kappa shape index (κ2) is 4.93. The van der Waals surface area contributed by atoms with Gasteiger partial charge in [-0.25, -0.2) is 4.39 Å². The van der Waals surface area contributed by atoms with Crippen molar-refractivity contribution in [1.82, 2.24) is 0 Å². The summed E-state index contributed by atoms with van der Waals surface area (Å²) in [5.41, 5.74) is 0.943. The van der Waals surface area contributed by atoms with Crippen molar-refractivity contribution in [3.05, 3.63) is 35.8 Å². The first-order valence-corrected chi connectivity index (χ1v) is 6.62. The Bertz CT molecular complexity index is 539. The molecule has 1 aromatic heterocycles. The van der Waals surface area contributed by atoms with E-state index < -0.39 is 0 Å². The van der Waals surface area contributed by atoms with E-state index in [9.17, 15) is 4.39 Å². The van der Waals surface area contributed by atoms with Crippen LogP contribution in [-0.2, 0) is 0 Å². The van der Waals surface area contributed by atoms with Crippen molar-refractivity contribution in [2.45, 2.75) is 39.0 Å². The maximum atomic E-state index is 13.1. The first-order chi connectivity index (χ1) is 8.35. The van der Waals surface area contributed by atoms with Gasteiger partial charge in [-0.2, -0.15) is 0 Å². The third kappa shape index (κ3) is 3.26. The lowest BCUT2D eigenvalue weighted by molar-refractivity contribution is 0.356. The largest absolute Gasteiger partial charge is 0.459 e. The zero-order valence-corrected chi connectivity index (χ0v) is 11.7. The zero-order chi connectivity index (χ0) is 13.3. The maximum Gasteiger partial charge on any atom is 0.134 e. The summed E-state index contributed by atoms with van der Waals surface area (Å²) in [7, 11) is 0. The van der Waals surface area contributed by atoms with Crippen molar-refractivity contribution in [2.75, 3.05) is 0 Å². The average molecular weight is 269 g/mol. The molecule has 0 spiro atoms. The van der Waals surface area contributed by atoms with Gasteiger partial charge in [-0.15, -0.1) is 11.6 Å². The van der Waals surface area contributed by atoms with Crippen LogP contribution in [0.5, 0.6) is 0 Å². The Morgan fingerprint density at radius 2 is 2.00 bits per heavy atom. The van der Waals surface area contributed by atoms with E-state index in [2.05, 4.69) is 20.8 Å². The minimum absolute atomic E-state index is 0.153. The SMILES string of the molecule is CC(C)(C)CCC(Cl)c1cc2cc(F)ccc2o1. The van der Waals surface area contributed by atoms with Gasteiger partial charge in [0.2, 0.25) is 0 Å². The second-order valence-corrected chi connectivity index (χ2v) is 6.42. The van der Waals surface area contributed by atoms with Crippen LogP contribution in [0.3, 0.4) is 0 Å². The van der Waals surface area contributed by atoms with E-state index in [1.165, 1.54) is 12.1 Å². The maximum absolute atomic E-state index is 13.1. The highest BCUT2D eigenvalue weighted by Crippen LogP contribution is 2.34. The summed E-state index contributed by atoms with van der Waals surface area (Å²) in [6.45, 7) is 6.56. The number of halogens is 2. The van der Waals surface area contributed by atoms with Crippen LogP contribution in [0.4, 0.5) is 4.39 Å². The van der Waals surface area contributed by atoms with Gasteiger partial charge < -0.3 is 4.42 Å². The molecular weight excluding hydrogens is 251 g/mol. The van der Waals surface area contributed by atoms with Crippen molar-refractivity contribution in [3.8, 4) is 0 Å². The molecule has 0 amide bonds. The van der Waals surface area contributed by atoms with Gasteiger partial charge in [-0.05, 0) is 42.5 Å². The molecule has 1 heterocycles. The van der Waals surface area contributed by atoms with E-state index in [1.807, 2.05) is 6.07 Å². The number of alkyl halides is 1. The summed E-state index contributed by atoms with van der Waals surface area (Å²) in [5.74, 6) is 0.470. The molecule has 0 N–H and O–H groups in total. The van der Waals surface area contributed by atoms with Crippen LogP contribution in [0, 0.1) is 11.2 Å². The van der Waals surface area contributed by atoms with E-state index in [4.69, 9.17) is 16.0 Å².